The van der Waals surface area contributed by atoms with Gasteiger partial charge in [-0.1, -0.05) is 20.8 Å². The number of rotatable bonds is 2. The third-order valence-electron chi connectivity index (χ3n) is 3.19. The molecule has 0 aromatic carbocycles. The number of aliphatic hydroxyl groups excluding tert-OH is 1. The third kappa shape index (κ3) is 5.56. The van der Waals surface area contributed by atoms with Gasteiger partial charge in [0.1, 0.15) is 6.04 Å². The molecule has 0 aliphatic carbocycles. The zero-order valence-electron chi connectivity index (χ0n) is 12.1. The molecule has 2 amide bonds. The fourth-order valence-electron chi connectivity index (χ4n) is 2.24. The van der Waals surface area contributed by atoms with Crippen LogP contribution >= 0.6 is 0 Å². The van der Waals surface area contributed by atoms with Crippen LogP contribution in [-0.2, 0) is 0 Å². The van der Waals surface area contributed by atoms with Crippen molar-refractivity contribution in [2.75, 3.05) is 13.1 Å². The van der Waals surface area contributed by atoms with Crippen LogP contribution < -0.4 is 5.32 Å². The Morgan fingerprint density at radius 1 is 1.40 bits per heavy atom. The smallest absolute Gasteiger partial charge is 0.391 e. The van der Waals surface area contributed by atoms with E-state index in [1.165, 1.54) is 4.90 Å². The molecule has 2 unspecified atom stereocenters. The Balaban J connectivity index is 2.67. The lowest BCUT2D eigenvalue weighted by Crippen LogP contribution is -2.54. The summed E-state index contributed by atoms with van der Waals surface area (Å²) in [6.07, 6.45) is -4.13. The molecule has 2 N–H and O–H groups in total. The number of carbonyl (C=O) groups excluding carboxylic acids is 1. The topological polar surface area (TPSA) is 52.6 Å². The minimum absolute atomic E-state index is 0.0892. The van der Waals surface area contributed by atoms with Crippen LogP contribution in [0.4, 0.5) is 18.0 Å². The van der Waals surface area contributed by atoms with Crippen LogP contribution in [0.25, 0.3) is 0 Å². The quantitative estimate of drug-likeness (QED) is 0.822. The van der Waals surface area contributed by atoms with Gasteiger partial charge in [0.05, 0.1) is 6.10 Å². The van der Waals surface area contributed by atoms with Crippen molar-refractivity contribution in [2.24, 2.45) is 5.41 Å². The fourth-order valence-corrected chi connectivity index (χ4v) is 2.24. The number of carbonyl (C=O) groups is 1. The van der Waals surface area contributed by atoms with Gasteiger partial charge in [-0.2, -0.15) is 13.2 Å². The normalized spacial score (nSPS) is 22.6. The lowest BCUT2D eigenvalue weighted by atomic mass is 9.88. The van der Waals surface area contributed by atoms with Crippen LogP contribution in [-0.4, -0.2) is 47.4 Å². The van der Waals surface area contributed by atoms with Gasteiger partial charge in [0.2, 0.25) is 0 Å². The average Bonchev–Trinajstić information content (AvgIpc) is 2.25. The SMILES string of the molecule is CC(C)(C)CC(NC(=O)N1CCCC(O)C1)C(F)(F)F. The largest absolute Gasteiger partial charge is 0.408 e. The Morgan fingerprint density at radius 2 is 2.00 bits per heavy atom. The molecule has 0 spiro atoms. The molecule has 0 aromatic heterocycles. The van der Waals surface area contributed by atoms with E-state index in [0.717, 1.165) is 0 Å². The van der Waals surface area contributed by atoms with Gasteiger partial charge in [-0.15, -0.1) is 0 Å². The molecular weight excluding hydrogens is 273 g/mol. The highest BCUT2D eigenvalue weighted by Gasteiger charge is 2.43. The lowest BCUT2D eigenvalue weighted by molar-refractivity contribution is -0.159. The van der Waals surface area contributed by atoms with Crippen molar-refractivity contribution in [3.8, 4) is 0 Å². The van der Waals surface area contributed by atoms with Gasteiger partial charge in [0, 0.05) is 13.1 Å². The van der Waals surface area contributed by atoms with Crippen LogP contribution in [0.3, 0.4) is 0 Å². The van der Waals surface area contributed by atoms with Gasteiger partial charge >= 0.3 is 12.2 Å². The molecule has 118 valence electrons. The highest BCUT2D eigenvalue weighted by Crippen LogP contribution is 2.30. The first kappa shape index (κ1) is 17.1. The van der Waals surface area contributed by atoms with E-state index >= 15 is 0 Å². The number of halogens is 3. The molecule has 0 saturated carbocycles. The zero-order valence-corrected chi connectivity index (χ0v) is 12.1. The number of hydrogen-bond acceptors (Lipinski definition) is 2. The number of aliphatic hydroxyl groups is 1. The second-order valence-corrected chi connectivity index (χ2v) is 6.55. The highest BCUT2D eigenvalue weighted by atomic mass is 19.4. The van der Waals surface area contributed by atoms with E-state index in [1.54, 1.807) is 20.8 Å². The maximum atomic E-state index is 13.0. The number of nitrogens with one attached hydrogen (secondary N) is 1. The second-order valence-electron chi connectivity index (χ2n) is 6.55. The minimum atomic E-state index is -4.47. The van der Waals surface area contributed by atoms with E-state index in [0.29, 0.717) is 19.4 Å². The van der Waals surface area contributed by atoms with Gasteiger partial charge in [-0.05, 0) is 24.7 Å². The van der Waals surface area contributed by atoms with Crippen molar-refractivity contribution >= 4 is 6.03 Å². The molecule has 0 bridgehead atoms. The molecule has 1 aliphatic rings. The Morgan fingerprint density at radius 3 is 2.45 bits per heavy atom. The first-order valence-corrected chi connectivity index (χ1v) is 6.79. The first-order valence-electron chi connectivity index (χ1n) is 6.79. The number of hydrogen-bond donors (Lipinski definition) is 2. The van der Waals surface area contributed by atoms with Crippen molar-refractivity contribution in [2.45, 2.75) is 58.4 Å². The molecule has 7 heteroatoms. The number of amides is 2. The third-order valence-corrected chi connectivity index (χ3v) is 3.19. The second kappa shape index (κ2) is 6.20. The van der Waals surface area contributed by atoms with E-state index in [4.69, 9.17) is 0 Å². The van der Waals surface area contributed by atoms with Crippen molar-refractivity contribution in [1.82, 2.24) is 10.2 Å². The van der Waals surface area contributed by atoms with E-state index in [2.05, 4.69) is 5.32 Å². The van der Waals surface area contributed by atoms with Gasteiger partial charge < -0.3 is 15.3 Å². The van der Waals surface area contributed by atoms with Crippen LogP contribution in [0.5, 0.6) is 0 Å². The van der Waals surface area contributed by atoms with E-state index < -0.39 is 29.8 Å². The summed E-state index contributed by atoms with van der Waals surface area (Å²) >= 11 is 0. The molecule has 0 aromatic rings. The Labute approximate surface area is 117 Å². The number of alkyl halides is 3. The monoisotopic (exact) mass is 296 g/mol. The number of likely N-dealkylation sites (tertiary alicyclic amines) is 1. The van der Waals surface area contributed by atoms with Crippen molar-refractivity contribution in [3.05, 3.63) is 0 Å². The lowest BCUT2D eigenvalue weighted by Gasteiger charge is -2.34. The Bertz CT molecular complexity index is 339. The molecule has 1 aliphatic heterocycles. The molecule has 1 heterocycles. The summed E-state index contributed by atoms with van der Waals surface area (Å²) in [5.41, 5.74) is -0.547. The maximum absolute atomic E-state index is 13.0. The van der Waals surface area contributed by atoms with Crippen LogP contribution in [0.2, 0.25) is 0 Å². The van der Waals surface area contributed by atoms with Crippen molar-refractivity contribution in [3.63, 3.8) is 0 Å². The van der Waals surface area contributed by atoms with Gasteiger partial charge in [0.15, 0.2) is 0 Å². The number of β-amino-alcohol motifs (C(OH)–C–C–N with tert-alkyl or cyclic N) is 1. The molecular formula is C13H23F3N2O2. The van der Waals surface area contributed by atoms with Crippen LogP contribution in [0.15, 0.2) is 0 Å². The summed E-state index contributed by atoms with van der Waals surface area (Å²) < 4.78 is 38.9. The molecule has 0 radical (unpaired) electrons. The fraction of sp³-hybridized carbons (Fsp3) is 0.923. The van der Waals surface area contributed by atoms with Crippen molar-refractivity contribution < 1.29 is 23.1 Å². The number of nitrogens with zero attached hydrogens (tertiary/aromatic N) is 1. The highest BCUT2D eigenvalue weighted by molar-refractivity contribution is 5.74. The molecule has 1 saturated heterocycles. The maximum Gasteiger partial charge on any atom is 0.408 e. The first-order chi connectivity index (χ1) is 8.99. The molecule has 1 fully saturated rings. The standard InChI is InChI=1S/C13H23F3N2O2/c1-12(2,3)7-10(13(14,15)16)17-11(20)18-6-4-5-9(19)8-18/h9-10,19H,4-8H2,1-3H3,(H,17,20). The number of urea groups is 1. The predicted molar refractivity (Wildman–Crippen MR) is 69.3 cm³/mol. The van der Waals surface area contributed by atoms with Crippen molar-refractivity contribution in [1.29, 1.82) is 0 Å². The Kier molecular flexibility index (Phi) is 5.29. The van der Waals surface area contributed by atoms with E-state index in [-0.39, 0.29) is 13.0 Å². The summed E-state index contributed by atoms with van der Waals surface area (Å²) in [6, 6.07) is -2.62. The summed E-state index contributed by atoms with van der Waals surface area (Å²) in [6.45, 7) is 5.56. The van der Waals surface area contributed by atoms with E-state index in [9.17, 15) is 23.1 Å². The van der Waals surface area contributed by atoms with Gasteiger partial charge in [-0.25, -0.2) is 4.79 Å². The van der Waals surface area contributed by atoms with E-state index in [1.807, 2.05) is 0 Å². The summed E-state index contributed by atoms with van der Waals surface area (Å²) in [5.74, 6) is 0. The van der Waals surface area contributed by atoms with Gasteiger partial charge in [-0.3, -0.25) is 0 Å². The Hall–Kier alpha value is -0.980. The molecule has 20 heavy (non-hydrogen) atoms. The minimum Gasteiger partial charge on any atom is -0.391 e. The predicted octanol–water partition coefficient (Wildman–Crippen LogP) is 2.52. The van der Waals surface area contributed by atoms with Crippen LogP contribution in [0, 0.1) is 5.41 Å². The number of piperidine rings is 1. The average molecular weight is 296 g/mol. The molecule has 2 atom stereocenters. The van der Waals surface area contributed by atoms with Crippen LogP contribution in [0.1, 0.15) is 40.0 Å². The summed E-state index contributed by atoms with van der Waals surface area (Å²) in [5, 5.41) is 11.5. The van der Waals surface area contributed by atoms with Gasteiger partial charge in [0.25, 0.3) is 0 Å². The zero-order chi connectivity index (χ0) is 15.6. The summed E-state index contributed by atoms with van der Waals surface area (Å²) in [7, 11) is 0. The molecule has 4 nitrogen and oxygen atoms in total. The molecule has 1 rings (SSSR count). The summed E-state index contributed by atoms with van der Waals surface area (Å²) in [4.78, 5) is 13.1.